The summed E-state index contributed by atoms with van der Waals surface area (Å²) >= 11 is 0. The van der Waals surface area contributed by atoms with Crippen LogP contribution in [0.2, 0.25) is 0 Å². The standard InChI is InChI=1S/C5H9NO/c7-6-2-4-1-5(4)3-6/h4-5,7H,1-3H2. The lowest BCUT2D eigenvalue weighted by atomic mass is 10.4. The molecule has 2 atom stereocenters. The monoisotopic (exact) mass is 99.1 g/mol. The molecule has 2 unspecified atom stereocenters. The molecule has 0 aromatic carbocycles. The molecular weight excluding hydrogens is 90.1 g/mol. The SMILES string of the molecule is ON1CC2CC2C1. The molecule has 1 saturated carbocycles. The fourth-order valence-electron chi connectivity index (χ4n) is 1.37. The van der Waals surface area contributed by atoms with E-state index in [1.54, 1.807) is 0 Å². The summed E-state index contributed by atoms with van der Waals surface area (Å²) in [4.78, 5) is 0. The molecule has 40 valence electrons. The van der Waals surface area contributed by atoms with Crippen LogP contribution in [0.1, 0.15) is 6.42 Å². The third-order valence-corrected chi connectivity index (χ3v) is 1.96. The summed E-state index contributed by atoms with van der Waals surface area (Å²) in [7, 11) is 0. The lowest BCUT2D eigenvalue weighted by Gasteiger charge is -2.04. The van der Waals surface area contributed by atoms with Crippen LogP contribution in [0.4, 0.5) is 0 Å². The van der Waals surface area contributed by atoms with Crippen molar-refractivity contribution in [2.24, 2.45) is 11.8 Å². The summed E-state index contributed by atoms with van der Waals surface area (Å²) in [5.41, 5.74) is 0. The van der Waals surface area contributed by atoms with Crippen LogP contribution in [0.25, 0.3) is 0 Å². The Morgan fingerprint density at radius 2 is 1.86 bits per heavy atom. The predicted molar refractivity (Wildman–Crippen MR) is 25.0 cm³/mol. The van der Waals surface area contributed by atoms with Crippen molar-refractivity contribution in [1.82, 2.24) is 5.06 Å². The van der Waals surface area contributed by atoms with Gasteiger partial charge in [0.05, 0.1) is 0 Å². The maximum atomic E-state index is 8.76. The molecule has 0 amide bonds. The van der Waals surface area contributed by atoms with Crippen molar-refractivity contribution in [2.45, 2.75) is 6.42 Å². The van der Waals surface area contributed by atoms with Gasteiger partial charge in [-0.15, -0.1) is 0 Å². The molecule has 1 aliphatic carbocycles. The summed E-state index contributed by atoms with van der Waals surface area (Å²) in [5.74, 6) is 1.73. The van der Waals surface area contributed by atoms with Gasteiger partial charge in [0.25, 0.3) is 0 Å². The first-order valence-electron chi connectivity index (χ1n) is 2.80. The topological polar surface area (TPSA) is 23.5 Å². The minimum absolute atomic E-state index is 0.866. The van der Waals surface area contributed by atoms with Crippen LogP contribution < -0.4 is 0 Å². The van der Waals surface area contributed by atoms with E-state index >= 15 is 0 Å². The Kier molecular flexibility index (Phi) is 0.557. The maximum Gasteiger partial charge on any atom is 0.0269 e. The average molecular weight is 99.1 g/mol. The van der Waals surface area contributed by atoms with Crippen molar-refractivity contribution in [3.63, 3.8) is 0 Å². The van der Waals surface area contributed by atoms with Crippen molar-refractivity contribution in [3.8, 4) is 0 Å². The van der Waals surface area contributed by atoms with Crippen LogP contribution in [0.5, 0.6) is 0 Å². The second-order valence-corrected chi connectivity index (χ2v) is 2.63. The van der Waals surface area contributed by atoms with E-state index in [0.29, 0.717) is 0 Å². The minimum atomic E-state index is 0.866. The number of hydroxylamine groups is 2. The van der Waals surface area contributed by atoms with Crippen LogP contribution in [0, 0.1) is 11.8 Å². The first-order chi connectivity index (χ1) is 3.36. The van der Waals surface area contributed by atoms with Crippen molar-refractivity contribution >= 4 is 0 Å². The second-order valence-electron chi connectivity index (χ2n) is 2.63. The number of rotatable bonds is 0. The highest BCUT2D eigenvalue weighted by Crippen LogP contribution is 2.43. The summed E-state index contributed by atoms with van der Waals surface area (Å²) in [6.07, 6.45) is 1.37. The zero-order valence-corrected chi connectivity index (χ0v) is 4.17. The van der Waals surface area contributed by atoms with E-state index in [9.17, 15) is 0 Å². The molecule has 2 aliphatic rings. The predicted octanol–water partition coefficient (Wildman–Crippen LogP) is 0.327. The third-order valence-electron chi connectivity index (χ3n) is 1.96. The van der Waals surface area contributed by atoms with Crippen molar-refractivity contribution in [2.75, 3.05) is 13.1 Å². The molecular formula is C5H9NO. The van der Waals surface area contributed by atoms with Crippen LogP contribution >= 0.6 is 0 Å². The molecule has 1 heterocycles. The van der Waals surface area contributed by atoms with E-state index in [1.807, 2.05) is 0 Å². The molecule has 0 aromatic rings. The van der Waals surface area contributed by atoms with Gasteiger partial charge in [0, 0.05) is 13.1 Å². The first-order valence-corrected chi connectivity index (χ1v) is 2.80. The van der Waals surface area contributed by atoms with E-state index in [2.05, 4.69) is 0 Å². The summed E-state index contributed by atoms with van der Waals surface area (Å²) < 4.78 is 0. The lowest BCUT2D eigenvalue weighted by Crippen LogP contribution is -2.16. The fourth-order valence-corrected chi connectivity index (χ4v) is 1.37. The highest BCUT2D eigenvalue weighted by Gasteiger charge is 2.44. The van der Waals surface area contributed by atoms with Crippen LogP contribution in [-0.2, 0) is 0 Å². The van der Waals surface area contributed by atoms with E-state index in [1.165, 1.54) is 11.5 Å². The number of piperidine rings is 1. The van der Waals surface area contributed by atoms with E-state index < -0.39 is 0 Å². The van der Waals surface area contributed by atoms with Gasteiger partial charge in [0.1, 0.15) is 0 Å². The van der Waals surface area contributed by atoms with Gasteiger partial charge in [-0.25, -0.2) is 0 Å². The fraction of sp³-hybridized carbons (Fsp3) is 1.00. The Bertz CT molecular complexity index is 84.1. The van der Waals surface area contributed by atoms with Gasteiger partial charge in [-0.2, -0.15) is 5.06 Å². The largest absolute Gasteiger partial charge is 0.314 e. The molecule has 0 bridgehead atoms. The van der Waals surface area contributed by atoms with Gasteiger partial charge >= 0.3 is 0 Å². The van der Waals surface area contributed by atoms with Gasteiger partial charge < -0.3 is 5.21 Å². The second kappa shape index (κ2) is 1.01. The molecule has 2 nitrogen and oxygen atoms in total. The van der Waals surface area contributed by atoms with Crippen LogP contribution in [0.15, 0.2) is 0 Å². The first kappa shape index (κ1) is 3.87. The zero-order valence-electron chi connectivity index (χ0n) is 4.17. The maximum absolute atomic E-state index is 8.76. The van der Waals surface area contributed by atoms with Crippen molar-refractivity contribution < 1.29 is 5.21 Å². The molecule has 7 heavy (non-hydrogen) atoms. The number of hydrogen-bond donors (Lipinski definition) is 1. The van der Waals surface area contributed by atoms with Crippen LogP contribution in [0.3, 0.4) is 0 Å². The Hall–Kier alpha value is -0.0800. The molecule has 2 fully saturated rings. The summed E-state index contributed by atoms with van der Waals surface area (Å²) in [6.45, 7) is 1.87. The Morgan fingerprint density at radius 1 is 1.29 bits per heavy atom. The van der Waals surface area contributed by atoms with E-state index in [0.717, 1.165) is 24.9 Å². The number of nitrogens with zero attached hydrogens (tertiary/aromatic N) is 1. The Balaban J connectivity index is 2.02. The smallest absolute Gasteiger partial charge is 0.0269 e. The third kappa shape index (κ3) is 0.469. The van der Waals surface area contributed by atoms with E-state index in [-0.39, 0.29) is 0 Å². The van der Waals surface area contributed by atoms with Gasteiger partial charge in [0.15, 0.2) is 0 Å². The average Bonchev–Trinajstić information content (AvgIpc) is 2.15. The molecule has 0 radical (unpaired) electrons. The lowest BCUT2D eigenvalue weighted by molar-refractivity contribution is -0.0784. The highest BCUT2D eigenvalue weighted by molar-refractivity contribution is 4.94. The summed E-state index contributed by atoms with van der Waals surface area (Å²) in [6, 6.07) is 0. The zero-order chi connectivity index (χ0) is 4.85. The molecule has 2 rings (SSSR count). The Morgan fingerprint density at radius 3 is 2.14 bits per heavy atom. The van der Waals surface area contributed by atoms with Gasteiger partial charge in [0.2, 0.25) is 0 Å². The molecule has 1 aliphatic heterocycles. The normalized spacial score (nSPS) is 49.3. The van der Waals surface area contributed by atoms with E-state index in [4.69, 9.17) is 5.21 Å². The highest BCUT2D eigenvalue weighted by atomic mass is 16.5. The molecule has 1 saturated heterocycles. The molecule has 0 spiro atoms. The number of hydrogen-bond acceptors (Lipinski definition) is 2. The van der Waals surface area contributed by atoms with Gasteiger partial charge in [-0.1, -0.05) is 0 Å². The quantitative estimate of drug-likeness (QED) is 0.473. The number of fused-ring (bicyclic) bond motifs is 1. The van der Waals surface area contributed by atoms with Gasteiger partial charge in [-0.3, -0.25) is 0 Å². The van der Waals surface area contributed by atoms with Crippen molar-refractivity contribution in [3.05, 3.63) is 0 Å². The summed E-state index contributed by atoms with van der Waals surface area (Å²) in [5, 5.41) is 10.2. The molecule has 0 aromatic heterocycles. The Labute approximate surface area is 42.7 Å². The molecule has 1 N–H and O–H groups in total. The van der Waals surface area contributed by atoms with Crippen LogP contribution in [-0.4, -0.2) is 23.4 Å². The van der Waals surface area contributed by atoms with Crippen molar-refractivity contribution in [1.29, 1.82) is 0 Å². The molecule has 2 heteroatoms. The van der Waals surface area contributed by atoms with Gasteiger partial charge in [-0.05, 0) is 18.3 Å². The minimum Gasteiger partial charge on any atom is -0.314 e.